The van der Waals surface area contributed by atoms with Crippen LogP contribution in [-0.4, -0.2) is 49.2 Å². The summed E-state index contributed by atoms with van der Waals surface area (Å²) < 4.78 is 44.8. The number of nitrogens with zero attached hydrogens (tertiary/aromatic N) is 3. The highest BCUT2D eigenvalue weighted by Gasteiger charge is 2.34. The highest BCUT2D eigenvalue weighted by molar-refractivity contribution is 7.89. The summed E-state index contributed by atoms with van der Waals surface area (Å²) in [6.45, 7) is 1.64. The van der Waals surface area contributed by atoms with Gasteiger partial charge >= 0.3 is 0 Å². The van der Waals surface area contributed by atoms with Gasteiger partial charge in [0, 0.05) is 30.1 Å². The Hall–Kier alpha value is -2.43. The van der Waals surface area contributed by atoms with Crippen molar-refractivity contribution in [3.63, 3.8) is 0 Å². The number of rotatable bonds is 4. The average molecular weight is 434 g/mol. The number of hydrogen-bond acceptors (Lipinski definition) is 8. The number of sulfonamides is 1. The molecule has 3 aromatic rings. The molecule has 2 aliphatic rings. The van der Waals surface area contributed by atoms with Crippen LogP contribution < -0.4 is 9.47 Å². The van der Waals surface area contributed by atoms with Crippen molar-refractivity contribution in [1.29, 1.82) is 0 Å². The van der Waals surface area contributed by atoms with Crippen LogP contribution in [0.25, 0.3) is 11.5 Å². The van der Waals surface area contributed by atoms with Crippen molar-refractivity contribution < 1.29 is 22.3 Å². The van der Waals surface area contributed by atoms with E-state index in [1.807, 2.05) is 16.8 Å². The van der Waals surface area contributed by atoms with Crippen molar-refractivity contribution in [2.24, 2.45) is 0 Å². The van der Waals surface area contributed by atoms with Gasteiger partial charge in [0.25, 0.3) is 0 Å². The van der Waals surface area contributed by atoms with E-state index in [0.29, 0.717) is 49.6 Å². The van der Waals surface area contributed by atoms with Crippen molar-refractivity contribution in [3.05, 3.63) is 40.9 Å². The van der Waals surface area contributed by atoms with Crippen LogP contribution in [0.1, 0.15) is 24.7 Å². The fourth-order valence-corrected chi connectivity index (χ4v) is 5.77. The number of ether oxygens (including phenoxy) is 2. The van der Waals surface area contributed by atoms with Crippen molar-refractivity contribution in [3.8, 4) is 23.0 Å². The molecule has 8 nitrogen and oxygen atoms in total. The summed E-state index contributed by atoms with van der Waals surface area (Å²) in [5, 5.41) is 12.2. The molecule has 1 aromatic carbocycles. The smallest absolute Gasteiger partial charge is 0.248 e. The zero-order chi connectivity index (χ0) is 19.8. The molecule has 5 rings (SSSR count). The minimum absolute atomic E-state index is 0.129. The fourth-order valence-electron chi connectivity index (χ4n) is 3.60. The molecule has 29 heavy (non-hydrogen) atoms. The maximum Gasteiger partial charge on any atom is 0.248 e. The molecule has 1 saturated heterocycles. The second-order valence-electron chi connectivity index (χ2n) is 6.97. The van der Waals surface area contributed by atoms with Gasteiger partial charge in [-0.15, -0.1) is 10.2 Å². The van der Waals surface area contributed by atoms with Crippen LogP contribution in [0.2, 0.25) is 0 Å². The van der Waals surface area contributed by atoms with Crippen LogP contribution in [0.5, 0.6) is 11.5 Å². The molecular formula is C19H19N3O5S2. The number of hydrogen-bond donors (Lipinski definition) is 0. The van der Waals surface area contributed by atoms with Gasteiger partial charge in [0.1, 0.15) is 13.2 Å². The molecule has 0 saturated carbocycles. The molecule has 0 amide bonds. The molecule has 0 radical (unpaired) electrons. The molecule has 0 bridgehead atoms. The first-order chi connectivity index (χ1) is 14.1. The summed E-state index contributed by atoms with van der Waals surface area (Å²) in [7, 11) is -3.66. The van der Waals surface area contributed by atoms with Gasteiger partial charge in [-0.2, -0.15) is 15.6 Å². The third-order valence-corrected chi connectivity index (χ3v) is 7.64. The van der Waals surface area contributed by atoms with E-state index in [4.69, 9.17) is 13.9 Å². The first kappa shape index (κ1) is 18.6. The number of thiophene rings is 1. The molecule has 0 spiro atoms. The summed E-state index contributed by atoms with van der Waals surface area (Å²) in [6, 6.07) is 6.66. The largest absolute Gasteiger partial charge is 0.486 e. The third-order valence-electron chi connectivity index (χ3n) is 5.09. The molecule has 0 N–H and O–H groups in total. The predicted molar refractivity (Wildman–Crippen MR) is 106 cm³/mol. The van der Waals surface area contributed by atoms with Crippen LogP contribution in [0.15, 0.2) is 44.3 Å². The Labute approximate surface area is 172 Å². The van der Waals surface area contributed by atoms with E-state index in [0.717, 1.165) is 18.4 Å². The summed E-state index contributed by atoms with van der Waals surface area (Å²) in [5.74, 6) is 1.85. The Bertz CT molecular complexity index is 1110. The Morgan fingerprint density at radius 3 is 2.79 bits per heavy atom. The molecule has 2 aromatic heterocycles. The maximum atomic E-state index is 13.2. The molecule has 0 aliphatic carbocycles. The second kappa shape index (κ2) is 7.43. The predicted octanol–water partition coefficient (Wildman–Crippen LogP) is 3.14. The van der Waals surface area contributed by atoms with Crippen LogP contribution in [0, 0.1) is 0 Å². The highest BCUT2D eigenvalue weighted by Crippen LogP contribution is 2.35. The zero-order valence-corrected chi connectivity index (χ0v) is 17.1. The molecular weight excluding hydrogens is 414 g/mol. The number of benzene rings is 1. The van der Waals surface area contributed by atoms with Gasteiger partial charge in [-0.3, -0.25) is 0 Å². The standard InChI is InChI=1S/C19H19N3O5S2/c23-29(24,15-3-4-16-17(10-15)26-8-7-25-16)22-6-1-2-13(11-22)18-20-21-19(27-18)14-5-9-28-12-14/h3-5,9-10,12-13H,1-2,6-8,11H2/t13-/m0/s1. The van der Waals surface area contributed by atoms with Gasteiger partial charge in [0.2, 0.25) is 21.8 Å². The quantitative estimate of drug-likeness (QED) is 0.624. The Balaban J connectivity index is 1.37. The normalized spacial score (nSPS) is 19.9. The lowest BCUT2D eigenvalue weighted by Gasteiger charge is -2.30. The lowest BCUT2D eigenvalue weighted by molar-refractivity contribution is 0.171. The topological polar surface area (TPSA) is 94.8 Å². The van der Waals surface area contributed by atoms with Gasteiger partial charge in [-0.05, 0) is 36.4 Å². The van der Waals surface area contributed by atoms with E-state index in [2.05, 4.69) is 10.2 Å². The number of fused-ring (bicyclic) bond motifs is 1. The number of piperidine rings is 1. The molecule has 0 unspecified atom stereocenters. The van der Waals surface area contributed by atoms with E-state index in [-0.39, 0.29) is 10.8 Å². The Kier molecular flexibility index (Phi) is 4.76. The van der Waals surface area contributed by atoms with Crippen LogP contribution >= 0.6 is 11.3 Å². The highest BCUT2D eigenvalue weighted by atomic mass is 32.2. The third kappa shape index (κ3) is 3.52. The first-order valence-electron chi connectivity index (χ1n) is 9.37. The summed E-state index contributed by atoms with van der Waals surface area (Å²) in [6.07, 6.45) is 1.53. The van der Waals surface area contributed by atoms with Crippen molar-refractivity contribution >= 4 is 21.4 Å². The van der Waals surface area contributed by atoms with Gasteiger partial charge < -0.3 is 13.9 Å². The van der Waals surface area contributed by atoms with E-state index in [9.17, 15) is 8.42 Å². The average Bonchev–Trinajstić information content (AvgIpc) is 3.45. The molecule has 2 aliphatic heterocycles. The molecule has 4 heterocycles. The Morgan fingerprint density at radius 2 is 1.97 bits per heavy atom. The van der Waals surface area contributed by atoms with Crippen molar-refractivity contribution in [2.45, 2.75) is 23.7 Å². The molecule has 1 fully saturated rings. The molecule has 152 valence electrons. The SMILES string of the molecule is O=S(=O)(c1ccc2c(c1)OCCO2)N1CCC[C@H](c2nnc(-c3ccsc3)o2)C1. The lowest BCUT2D eigenvalue weighted by atomic mass is 10.00. The molecule has 10 heteroatoms. The lowest BCUT2D eigenvalue weighted by Crippen LogP contribution is -2.39. The van der Waals surface area contributed by atoms with E-state index in [1.54, 1.807) is 23.5 Å². The van der Waals surface area contributed by atoms with Gasteiger partial charge in [-0.25, -0.2) is 8.42 Å². The van der Waals surface area contributed by atoms with E-state index in [1.165, 1.54) is 10.4 Å². The summed E-state index contributed by atoms with van der Waals surface area (Å²) in [5.41, 5.74) is 0.880. The Morgan fingerprint density at radius 1 is 1.10 bits per heavy atom. The van der Waals surface area contributed by atoms with E-state index >= 15 is 0 Å². The van der Waals surface area contributed by atoms with Crippen LogP contribution in [-0.2, 0) is 10.0 Å². The monoisotopic (exact) mass is 433 g/mol. The van der Waals surface area contributed by atoms with Crippen LogP contribution in [0.4, 0.5) is 0 Å². The minimum Gasteiger partial charge on any atom is -0.486 e. The van der Waals surface area contributed by atoms with Gasteiger partial charge in [0.05, 0.1) is 10.8 Å². The second-order valence-corrected chi connectivity index (χ2v) is 9.68. The van der Waals surface area contributed by atoms with Crippen molar-refractivity contribution in [1.82, 2.24) is 14.5 Å². The van der Waals surface area contributed by atoms with Crippen LogP contribution in [0.3, 0.4) is 0 Å². The maximum absolute atomic E-state index is 13.2. The van der Waals surface area contributed by atoms with Crippen molar-refractivity contribution in [2.75, 3.05) is 26.3 Å². The first-order valence-corrected chi connectivity index (χ1v) is 11.8. The zero-order valence-electron chi connectivity index (χ0n) is 15.5. The summed E-state index contributed by atoms with van der Waals surface area (Å²) >= 11 is 1.56. The molecule has 1 atom stereocenters. The fraction of sp³-hybridized carbons (Fsp3) is 0.368. The minimum atomic E-state index is -3.66. The number of aromatic nitrogens is 2. The van der Waals surface area contributed by atoms with Gasteiger partial charge in [0.15, 0.2) is 11.5 Å². The summed E-state index contributed by atoms with van der Waals surface area (Å²) in [4.78, 5) is 0.201. The van der Waals surface area contributed by atoms with E-state index < -0.39 is 10.0 Å². The van der Waals surface area contributed by atoms with Gasteiger partial charge in [-0.1, -0.05) is 0 Å².